The Bertz CT molecular complexity index is 10.0. The average Bonchev–Trinajstić information content (AvgIpc) is 1.37. The molecule has 0 amide bonds. The fourth-order valence-electron chi connectivity index (χ4n) is 0. The summed E-state index contributed by atoms with van der Waals surface area (Å²) in [6.07, 6.45) is 0. The summed E-state index contributed by atoms with van der Waals surface area (Å²) in [6.45, 7) is 0. The van der Waals surface area contributed by atoms with Gasteiger partial charge in [0.15, 0.2) is 0 Å². The number of halogens is 1. The van der Waals surface area contributed by atoms with Crippen LogP contribution in [-0.4, -0.2) is 13.5 Å². The Morgan fingerprint density at radius 3 is 2.25 bits per heavy atom. The van der Waals surface area contributed by atoms with Crippen molar-refractivity contribution in [2.45, 2.75) is 0 Å². The Balaban J connectivity index is 1.97. The second-order valence-corrected chi connectivity index (χ2v) is 3.06. The summed E-state index contributed by atoms with van der Waals surface area (Å²) in [5.74, 6) is 0. The Morgan fingerprint density at radius 2 is 2.25 bits per heavy atom. The second-order valence-electron chi connectivity index (χ2n) is 0.398. The van der Waals surface area contributed by atoms with E-state index < -0.39 is 0 Å². The fourth-order valence-corrected chi connectivity index (χ4v) is 0. The first kappa shape index (κ1) is 5.14. The number of hydrogen-bond acceptors (Lipinski definition) is 1. The number of rotatable bonds is 1. The van der Waals surface area contributed by atoms with E-state index in [1.807, 2.05) is 8.93 Å². The van der Waals surface area contributed by atoms with Gasteiger partial charge < -0.3 is 0 Å². The van der Waals surface area contributed by atoms with Crippen molar-refractivity contribution in [1.82, 2.24) is 0 Å². The summed E-state index contributed by atoms with van der Waals surface area (Å²) in [5.41, 5.74) is 1.22. The van der Waals surface area contributed by atoms with E-state index in [-0.39, 0.29) is 0 Å². The minimum absolute atomic E-state index is 1.22. The van der Waals surface area contributed by atoms with Gasteiger partial charge in [-0.05, 0) is 26.9 Å². The van der Waals surface area contributed by atoms with Crippen molar-refractivity contribution in [3.8, 4) is 0 Å². The zero-order valence-electron chi connectivity index (χ0n) is 2.49. The molecule has 0 saturated heterocycles. The molecule has 0 aromatic rings. The van der Waals surface area contributed by atoms with E-state index in [9.17, 15) is 0 Å². The lowest BCUT2D eigenvalue weighted by molar-refractivity contribution is 2.27. The smallest absolute Gasteiger partial charge is 0.0983 e. The van der Waals surface area contributed by atoms with Crippen molar-refractivity contribution in [1.29, 1.82) is 0 Å². The highest BCUT2D eigenvalue weighted by molar-refractivity contribution is 14.2. The molecule has 0 aromatic carbocycles. The van der Waals surface area contributed by atoms with Crippen molar-refractivity contribution in [2.75, 3.05) is 5.65 Å². The van der Waals surface area contributed by atoms with Gasteiger partial charge in [0.2, 0.25) is 0 Å². The van der Waals surface area contributed by atoms with Gasteiger partial charge >= 0.3 is 0 Å². The van der Waals surface area contributed by atoms with Gasteiger partial charge in [-0.15, -0.1) is 0 Å². The topological polar surface area (TPSA) is 0 Å². The van der Waals surface area contributed by atoms with Crippen LogP contribution in [0, 0.1) is 0 Å². The van der Waals surface area contributed by atoms with Gasteiger partial charge in [0.25, 0.3) is 0 Å². The zero-order valence-corrected chi connectivity index (χ0v) is 5.47. The summed E-state index contributed by atoms with van der Waals surface area (Å²) < 4.78 is 0. The first-order chi connectivity index (χ1) is 1.91. The summed E-state index contributed by atoms with van der Waals surface area (Å²) in [6, 6.07) is 0. The lowest BCUT2D eigenvalue weighted by Gasteiger charge is -1.65. The standard InChI is InChI=1S/CH4BIS/c2-1-4-3/h1-2H2. The van der Waals surface area contributed by atoms with Crippen molar-refractivity contribution >= 4 is 38.0 Å². The van der Waals surface area contributed by atoms with E-state index in [0.29, 0.717) is 0 Å². The molecule has 4 heavy (non-hydrogen) atoms. The zero-order chi connectivity index (χ0) is 3.41. The van der Waals surface area contributed by atoms with E-state index in [1.165, 1.54) is 5.65 Å². The molecular weight excluding hydrogens is 182 g/mol. The molecule has 0 unspecified atom stereocenters. The van der Waals surface area contributed by atoms with Crippen molar-refractivity contribution in [3.63, 3.8) is 0 Å². The molecule has 0 aliphatic heterocycles. The highest BCUT2D eigenvalue weighted by atomic mass is 127. The summed E-state index contributed by atoms with van der Waals surface area (Å²) >= 11 is 2.27. The summed E-state index contributed by atoms with van der Waals surface area (Å²) in [7, 11) is 3.96. The Hall–Kier alpha value is 1.14. The molecule has 0 bridgehead atoms. The van der Waals surface area contributed by atoms with Crippen molar-refractivity contribution < 1.29 is 0 Å². The molecule has 0 radical (unpaired) electrons. The maximum atomic E-state index is 2.27. The van der Waals surface area contributed by atoms with Gasteiger partial charge in [-0.2, -0.15) is 0 Å². The fraction of sp³-hybridized carbons (Fsp3) is 1.00. The molecule has 0 aliphatic rings. The molecule has 3 heteroatoms. The first-order valence-electron chi connectivity index (χ1n) is 1.15. The minimum Gasteiger partial charge on any atom is -0.0983 e. The summed E-state index contributed by atoms with van der Waals surface area (Å²) in [5, 5.41) is 0. The SMILES string of the molecule is BCSI. The molecule has 0 nitrogen and oxygen atoms in total. The highest BCUT2D eigenvalue weighted by Crippen LogP contribution is 2.05. The predicted octanol–water partition coefficient (Wildman–Crippen LogP) is 0.660. The lowest BCUT2D eigenvalue weighted by Crippen LogP contribution is -1.58. The summed E-state index contributed by atoms with van der Waals surface area (Å²) in [4.78, 5) is 0. The van der Waals surface area contributed by atoms with Crippen LogP contribution in [0.15, 0.2) is 0 Å². The normalized spacial score (nSPS) is 7.25. The third kappa shape index (κ3) is 3.14. The van der Waals surface area contributed by atoms with Crippen LogP contribution in [0.2, 0.25) is 0 Å². The maximum Gasteiger partial charge on any atom is 0.115 e. The van der Waals surface area contributed by atoms with Gasteiger partial charge in [-0.1, -0.05) is 8.93 Å². The van der Waals surface area contributed by atoms with Gasteiger partial charge in [-0.3, -0.25) is 0 Å². The minimum atomic E-state index is 1.22. The van der Waals surface area contributed by atoms with Crippen molar-refractivity contribution in [3.05, 3.63) is 0 Å². The lowest BCUT2D eigenvalue weighted by atomic mass is 10.2. The largest absolute Gasteiger partial charge is 0.115 e. The highest BCUT2D eigenvalue weighted by Gasteiger charge is 1.59. The second kappa shape index (κ2) is 4.14. The van der Waals surface area contributed by atoms with Crippen LogP contribution in [0.1, 0.15) is 0 Å². The third-order valence-corrected chi connectivity index (χ3v) is 2.20. The molecule has 24 valence electrons. The van der Waals surface area contributed by atoms with Gasteiger partial charge in [0, 0.05) is 0 Å². The molecule has 0 fully saturated rings. The first-order valence-corrected chi connectivity index (χ1v) is 4.68. The molecular formula is CH4BIS. The Kier molecular flexibility index (Phi) is 5.33. The van der Waals surface area contributed by atoms with Gasteiger partial charge in [-0.25, -0.2) is 0 Å². The van der Waals surface area contributed by atoms with Crippen LogP contribution < -0.4 is 0 Å². The van der Waals surface area contributed by atoms with Gasteiger partial charge in [0.1, 0.15) is 7.85 Å². The number of hydrogen-bond donors (Lipinski definition) is 0. The maximum absolute atomic E-state index is 2.27. The van der Waals surface area contributed by atoms with Crippen molar-refractivity contribution in [2.24, 2.45) is 0 Å². The molecule has 0 spiro atoms. The van der Waals surface area contributed by atoms with E-state index in [1.54, 1.807) is 0 Å². The third-order valence-electron chi connectivity index (χ3n) is 0.109. The van der Waals surface area contributed by atoms with Crippen LogP contribution in [0.5, 0.6) is 0 Å². The van der Waals surface area contributed by atoms with Crippen LogP contribution >= 0.6 is 30.1 Å². The van der Waals surface area contributed by atoms with Crippen LogP contribution in [0.3, 0.4) is 0 Å². The predicted molar refractivity (Wildman–Crippen MR) is 35.0 cm³/mol. The average molecular weight is 186 g/mol. The van der Waals surface area contributed by atoms with E-state index in [0.717, 1.165) is 0 Å². The molecule has 0 atom stereocenters. The molecule has 0 aliphatic carbocycles. The quantitative estimate of drug-likeness (QED) is 0.428. The van der Waals surface area contributed by atoms with Crippen LogP contribution in [-0.2, 0) is 0 Å². The molecule has 0 heterocycles. The monoisotopic (exact) mass is 186 g/mol. The van der Waals surface area contributed by atoms with E-state index >= 15 is 0 Å². The molecule has 0 N–H and O–H groups in total. The molecule has 0 aromatic heterocycles. The van der Waals surface area contributed by atoms with E-state index in [4.69, 9.17) is 0 Å². The Labute approximate surface area is 43.7 Å². The molecule has 0 rings (SSSR count). The van der Waals surface area contributed by atoms with Crippen LogP contribution in [0.4, 0.5) is 0 Å². The Morgan fingerprint density at radius 1 is 2.00 bits per heavy atom. The molecule has 0 saturated carbocycles. The van der Waals surface area contributed by atoms with Gasteiger partial charge in [0.05, 0.1) is 0 Å². The van der Waals surface area contributed by atoms with Crippen LogP contribution in [0.25, 0.3) is 0 Å². The van der Waals surface area contributed by atoms with E-state index in [2.05, 4.69) is 29.1 Å².